The zero-order valence-electron chi connectivity index (χ0n) is 15.4. The smallest absolute Gasteiger partial charge is 0.297 e. The molecular weight excluding hydrogens is 340 g/mol. The molecule has 3 aromatic rings. The number of thiazole rings is 1. The van der Waals surface area contributed by atoms with Crippen molar-refractivity contribution in [2.45, 2.75) is 45.7 Å². The Morgan fingerprint density at radius 3 is 2.77 bits per heavy atom. The van der Waals surface area contributed by atoms with Crippen LogP contribution >= 0.6 is 11.3 Å². The summed E-state index contributed by atoms with van der Waals surface area (Å²) in [5.41, 5.74) is 5.35. The van der Waals surface area contributed by atoms with E-state index in [1.54, 1.807) is 0 Å². The highest BCUT2D eigenvalue weighted by atomic mass is 32.1. The predicted molar refractivity (Wildman–Crippen MR) is 110 cm³/mol. The summed E-state index contributed by atoms with van der Waals surface area (Å²) in [6.45, 7) is 5.99. The molecule has 136 valence electrons. The Bertz CT molecular complexity index is 956. The molecule has 0 bridgehead atoms. The molecule has 0 spiro atoms. The molecule has 2 aromatic carbocycles. The Morgan fingerprint density at radius 1 is 1.08 bits per heavy atom. The fraction of sp³-hybridized carbons (Fsp3) is 0.409. The molecule has 0 unspecified atom stereocenters. The van der Waals surface area contributed by atoms with Gasteiger partial charge >= 0.3 is 4.87 Å². The summed E-state index contributed by atoms with van der Waals surface area (Å²) in [6, 6.07) is 15.3. The molecule has 0 atom stereocenters. The molecule has 0 N–H and O–H groups in total. The fourth-order valence-corrected chi connectivity index (χ4v) is 4.95. The number of hydrogen-bond donors (Lipinski definition) is 0. The van der Waals surface area contributed by atoms with Gasteiger partial charge in [0.25, 0.3) is 0 Å². The standard InChI is InChI=1S/C22H26N2OS/c1-2-6-17-10-11-20-21(15-17)26-22(25)24(20)14-13-23-12-5-9-18-7-3-4-8-19(18)16-23/h3-4,7-8,10-11,15H,2,5-6,9,12-14,16H2,1H3. The predicted octanol–water partition coefficient (Wildman–Crippen LogP) is 4.46. The third-order valence-electron chi connectivity index (χ3n) is 5.34. The van der Waals surface area contributed by atoms with Crippen LogP contribution in [0.3, 0.4) is 0 Å². The number of hydrogen-bond acceptors (Lipinski definition) is 3. The third kappa shape index (κ3) is 3.62. The Morgan fingerprint density at radius 2 is 1.92 bits per heavy atom. The van der Waals surface area contributed by atoms with E-state index < -0.39 is 0 Å². The highest BCUT2D eigenvalue weighted by molar-refractivity contribution is 7.16. The van der Waals surface area contributed by atoms with Crippen LogP contribution < -0.4 is 4.87 Å². The van der Waals surface area contributed by atoms with Gasteiger partial charge in [-0.15, -0.1) is 0 Å². The van der Waals surface area contributed by atoms with E-state index in [1.165, 1.54) is 34.4 Å². The lowest BCUT2D eigenvalue weighted by atomic mass is 10.0. The third-order valence-corrected chi connectivity index (χ3v) is 6.29. The zero-order valence-corrected chi connectivity index (χ0v) is 16.2. The molecular formula is C22H26N2OS. The monoisotopic (exact) mass is 366 g/mol. The van der Waals surface area contributed by atoms with Crippen molar-refractivity contribution in [1.29, 1.82) is 0 Å². The van der Waals surface area contributed by atoms with Gasteiger partial charge in [-0.25, -0.2) is 0 Å². The average Bonchev–Trinajstić information content (AvgIpc) is 2.82. The van der Waals surface area contributed by atoms with Gasteiger partial charge in [-0.3, -0.25) is 14.3 Å². The minimum atomic E-state index is 0.170. The van der Waals surface area contributed by atoms with E-state index in [0.717, 1.165) is 55.7 Å². The number of fused-ring (bicyclic) bond motifs is 2. The molecule has 4 rings (SSSR count). The van der Waals surface area contributed by atoms with Gasteiger partial charge in [0.1, 0.15) is 0 Å². The van der Waals surface area contributed by atoms with Crippen molar-refractivity contribution in [2.75, 3.05) is 13.1 Å². The van der Waals surface area contributed by atoms with Crippen LogP contribution in [0.15, 0.2) is 47.3 Å². The first-order chi connectivity index (χ1) is 12.7. The Labute approximate surface area is 158 Å². The summed E-state index contributed by atoms with van der Waals surface area (Å²) < 4.78 is 3.09. The van der Waals surface area contributed by atoms with Gasteiger partial charge in [0.15, 0.2) is 0 Å². The number of nitrogens with zero attached hydrogens (tertiary/aromatic N) is 2. The largest absolute Gasteiger partial charge is 0.308 e. The molecule has 1 aromatic heterocycles. The fourth-order valence-electron chi connectivity index (χ4n) is 3.97. The normalized spacial score (nSPS) is 15.1. The quantitative estimate of drug-likeness (QED) is 0.666. The first-order valence-electron chi connectivity index (χ1n) is 9.66. The summed E-state index contributed by atoms with van der Waals surface area (Å²) >= 11 is 1.39. The minimum Gasteiger partial charge on any atom is -0.297 e. The van der Waals surface area contributed by atoms with Crippen LogP contribution in [-0.2, 0) is 25.9 Å². The van der Waals surface area contributed by atoms with E-state index in [-0.39, 0.29) is 4.87 Å². The molecule has 0 saturated carbocycles. The maximum Gasteiger partial charge on any atom is 0.308 e. The highest BCUT2D eigenvalue weighted by Crippen LogP contribution is 2.21. The molecule has 0 amide bonds. The van der Waals surface area contributed by atoms with E-state index in [1.807, 2.05) is 4.57 Å². The number of aromatic nitrogens is 1. The Hall–Kier alpha value is -1.91. The molecule has 4 heteroatoms. The van der Waals surface area contributed by atoms with Crippen LogP contribution in [0.5, 0.6) is 0 Å². The Kier molecular flexibility index (Phi) is 5.23. The van der Waals surface area contributed by atoms with Crippen LogP contribution in [0, 0.1) is 0 Å². The van der Waals surface area contributed by atoms with E-state index in [2.05, 4.69) is 54.3 Å². The molecule has 0 radical (unpaired) electrons. The van der Waals surface area contributed by atoms with E-state index in [0.29, 0.717) is 0 Å². The molecule has 0 fully saturated rings. The van der Waals surface area contributed by atoms with Crippen LogP contribution in [0.25, 0.3) is 10.2 Å². The summed E-state index contributed by atoms with van der Waals surface area (Å²) in [5.74, 6) is 0. The second kappa shape index (κ2) is 7.77. The molecule has 3 nitrogen and oxygen atoms in total. The van der Waals surface area contributed by atoms with Gasteiger partial charge in [-0.2, -0.15) is 0 Å². The van der Waals surface area contributed by atoms with Gasteiger partial charge in [0.05, 0.1) is 10.2 Å². The number of aryl methyl sites for hydroxylation is 2. The molecule has 0 saturated heterocycles. The molecule has 1 aliphatic heterocycles. The van der Waals surface area contributed by atoms with Crippen molar-refractivity contribution >= 4 is 21.6 Å². The van der Waals surface area contributed by atoms with Crippen molar-refractivity contribution in [1.82, 2.24) is 9.47 Å². The minimum absolute atomic E-state index is 0.170. The lowest BCUT2D eigenvalue weighted by Gasteiger charge is -2.20. The SMILES string of the molecule is CCCc1ccc2c(c1)sc(=O)n2CCN1CCCc2ccccc2C1. The first kappa shape index (κ1) is 17.5. The maximum absolute atomic E-state index is 12.5. The van der Waals surface area contributed by atoms with E-state index in [4.69, 9.17) is 0 Å². The van der Waals surface area contributed by atoms with E-state index >= 15 is 0 Å². The highest BCUT2D eigenvalue weighted by Gasteiger charge is 2.15. The summed E-state index contributed by atoms with van der Waals surface area (Å²) in [5, 5.41) is 0. The molecule has 1 aliphatic rings. The second-order valence-electron chi connectivity index (χ2n) is 7.22. The van der Waals surface area contributed by atoms with Crippen LogP contribution in [-0.4, -0.2) is 22.6 Å². The molecule has 2 heterocycles. The molecule has 0 aliphatic carbocycles. The second-order valence-corrected chi connectivity index (χ2v) is 8.21. The number of benzene rings is 2. The zero-order chi connectivity index (χ0) is 17.9. The van der Waals surface area contributed by atoms with Crippen molar-refractivity contribution in [3.63, 3.8) is 0 Å². The molecule has 26 heavy (non-hydrogen) atoms. The Balaban J connectivity index is 1.51. The van der Waals surface area contributed by atoms with Gasteiger partial charge in [-0.1, -0.05) is 55.0 Å². The summed E-state index contributed by atoms with van der Waals surface area (Å²) in [6.07, 6.45) is 4.57. The van der Waals surface area contributed by atoms with Crippen molar-refractivity contribution in [3.8, 4) is 0 Å². The van der Waals surface area contributed by atoms with Crippen LogP contribution in [0.4, 0.5) is 0 Å². The topological polar surface area (TPSA) is 25.2 Å². The summed E-state index contributed by atoms with van der Waals surface area (Å²) in [7, 11) is 0. The lowest BCUT2D eigenvalue weighted by Crippen LogP contribution is -2.29. The van der Waals surface area contributed by atoms with Gasteiger partial charge in [0, 0.05) is 19.6 Å². The maximum atomic E-state index is 12.5. The first-order valence-corrected chi connectivity index (χ1v) is 10.5. The van der Waals surface area contributed by atoms with Crippen molar-refractivity contribution < 1.29 is 0 Å². The van der Waals surface area contributed by atoms with Gasteiger partial charge < -0.3 is 0 Å². The average molecular weight is 367 g/mol. The van der Waals surface area contributed by atoms with Crippen molar-refractivity contribution in [2.24, 2.45) is 0 Å². The summed E-state index contributed by atoms with van der Waals surface area (Å²) in [4.78, 5) is 15.2. The van der Waals surface area contributed by atoms with Crippen LogP contribution in [0.1, 0.15) is 36.5 Å². The van der Waals surface area contributed by atoms with Gasteiger partial charge in [-0.05, 0) is 54.6 Å². The number of rotatable bonds is 5. The lowest BCUT2D eigenvalue weighted by molar-refractivity contribution is 0.259. The van der Waals surface area contributed by atoms with E-state index in [9.17, 15) is 4.79 Å². The van der Waals surface area contributed by atoms with Crippen LogP contribution in [0.2, 0.25) is 0 Å². The van der Waals surface area contributed by atoms with Gasteiger partial charge in [0.2, 0.25) is 0 Å². The van der Waals surface area contributed by atoms with Crippen molar-refractivity contribution in [3.05, 3.63) is 68.8 Å².